The van der Waals surface area contributed by atoms with Gasteiger partial charge in [0.15, 0.2) is 17.9 Å². The van der Waals surface area contributed by atoms with Gasteiger partial charge in [0.05, 0.1) is 12.3 Å². The summed E-state index contributed by atoms with van der Waals surface area (Å²) in [5.41, 5.74) is 1.25. The number of nitrogens with zero attached hydrogens (tertiary/aromatic N) is 2. The normalized spacial score (nSPS) is 21.8. The summed E-state index contributed by atoms with van der Waals surface area (Å²) >= 11 is 0. The summed E-state index contributed by atoms with van der Waals surface area (Å²) in [5.74, 6) is 0.00366. The van der Waals surface area contributed by atoms with Crippen LogP contribution in [0.4, 0.5) is 0 Å². The van der Waals surface area contributed by atoms with E-state index in [9.17, 15) is 14.4 Å². The number of hydrogen-bond donors (Lipinski definition) is 1. The number of amides is 2. The number of carbonyl (C=O) groups excluding carboxylic acids is 3. The van der Waals surface area contributed by atoms with Crippen molar-refractivity contribution in [3.8, 4) is 11.3 Å². The van der Waals surface area contributed by atoms with Crippen molar-refractivity contribution in [3.05, 3.63) is 42.4 Å². The predicted molar refractivity (Wildman–Crippen MR) is 103 cm³/mol. The summed E-state index contributed by atoms with van der Waals surface area (Å²) in [7, 11) is 0. The van der Waals surface area contributed by atoms with E-state index in [0.29, 0.717) is 30.7 Å². The number of rotatable bonds is 6. The van der Waals surface area contributed by atoms with Crippen molar-refractivity contribution in [1.29, 1.82) is 0 Å². The van der Waals surface area contributed by atoms with Crippen molar-refractivity contribution in [2.75, 3.05) is 13.2 Å². The van der Waals surface area contributed by atoms with Crippen molar-refractivity contribution in [2.45, 2.75) is 44.4 Å². The Morgan fingerprint density at radius 1 is 1.31 bits per heavy atom. The lowest BCUT2D eigenvalue weighted by Crippen LogP contribution is -2.52. The lowest BCUT2D eigenvalue weighted by atomic mass is 10.1. The topological polar surface area (TPSA) is 102 Å². The summed E-state index contributed by atoms with van der Waals surface area (Å²) in [6.07, 6.45) is 4.62. The molecule has 0 saturated carbocycles. The third kappa shape index (κ3) is 3.80. The fourth-order valence-electron chi connectivity index (χ4n) is 3.97. The van der Waals surface area contributed by atoms with Gasteiger partial charge in [-0.3, -0.25) is 14.4 Å². The summed E-state index contributed by atoms with van der Waals surface area (Å²) in [6.45, 7) is 2.48. The van der Waals surface area contributed by atoms with Crippen LogP contribution in [0.15, 0.2) is 41.3 Å². The molecule has 0 radical (unpaired) electrons. The fraction of sp³-hybridized carbons (Fsp3) is 0.429. The quantitative estimate of drug-likeness (QED) is 0.798. The molecule has 152 valence electrons. The van der Waals surface area contributed by atoms with Gasteiger partial charge in [-0.05, 0) is 25.0 Å². The van der Waals surface area contributed by atoms with E-state index in [-0.39, 0.29) is 30.3 Å². The van der Waals surface area contributed by atoms with Gasteiger partial charge in [-0.15, -0.1) is 0 Å². The molecule has 3 atom stereocenters. The minimum atomic E-state index is -0.673. The SMILES string of the molecule is CCCC(NC(=O)c1ccc(-c2cnco2)cc1)C(=O)N1CCC2OCC(=O)C21. The Bertz CT molecular complexity index is 894. The minimum Gasteiger partial charge on any atom is -0.444 e. The molecule has 2 aliphatic rings. The largest absolute Gasteiger partial charge is 0.444 e. The lowest BCUT2D eigenvalue weighted by molar-refractivity contribution is -0.138. The molecule has 3 heterocycles. The zero-order valence-electron chi connectivity index (χ0n) is 16.2. The van der Waals surface area contributed by atoms with Crippen molar-refractivity contribution in [1.82, 2.24) is 15.2 Å². The van der Waals surface area contributed by atoms with Crippen LogP contribution < -0.4 is 5.32 Å². The number of hydrogen-bond acceptors (Lipinski definition) is 6. The lowest BCUT2D eigenvalue weighted by Gasteiger charge is -2.27. The minimum absolute atomic E-state index is 0.0570. The van der Waals surface area contributed by atoms with Gasteiger partial charge in [0.2, 0.25) is 5.91 Å². The molecule has 0 bridgehead atoms. The molecule has 1 aromatic carbocycles. The van der Waals surface area contributed by atoms with Crippen LogP contribution in [0.25, 0.3) is 11.3 Å². The molecule has 4 rings (SSSR count). The molecular formula is C21H23N3O5. The third-order valence-electron chi connectivity index (χ3n) is 5.44. The molecule has 2 saturated heterocycles. The predicted octanol–water partition coefficient (Wildman–Crippen LogP) is 1.81. The van der Waals surface area contributed by atoms with Crippen LogP contribution in [0, 0.1) is 0 Å². The van der Waals surface area contributed by atoms with Crippen molar-refractivity contribution in [2.24, 2.45) is 0 Å². The second-order valence-electron chi connectivity index (χ2n) is 7.34. The molecule has 2 amide bonds. The van der Waals surface area contributed by atoms with Crippen LogP contribution in [0.3, 0.4) is 0 Å². The highest BCUT2D eigenvalue weighted by Gasteiger charge is 2.47. The van der Waals surface area contributed by atoms with Gasteiger partial charge >= 0.3 is 0 Å². The summed E-state index contributed by atoms with van der Waals surface area (Å²) in [4.78, 5) is 43.4. The number of carbonyl (C=O) groups is 3. The van der Waals surface area contributed by atoms with Gasteiger partial charge in [-0.2, -0.15) is 0 Å². The molecule has 0 aliphatic carbocycles. The van der Waals surface area contributed by atoms with Gasteiger partial charge in [-0.1, -0.05) is 25.5 Å². The molecule has 2 aromatic rings. The van der Waals surface area contributed by atoms with E-state index >= 15 is 0 Å². The number of Topliss-reactive ketones (excluding diaryl/α,β-unsaturated/α-hetero) is 1. The third-order valence-corrected chi connectivity index (χ3v) is 5.44. The van der Waals surface area contributed by atoms with Crippen molar-refractivity contribution in [3.63, 3.8) is 0 Å². The molecule has 3 unspecified atom stereocenters. The highest BCUT2D eigenvalue weighted by molar-refractivity contribution is 5.99. The molecule has 1 aromatic heterocycles. The Balaban J connectivity index is 1.45. The number of aromatic nitrogens is 1. The van der Waals surface area contributed by atoms with Gasteiger partial charge in [0.1, 0.15) is 18.7 Å². The summed E-state index contributed by atoms with van der Waals surface area (Å²) in [6, 6.07) is 5.72. The zero-order chi connectivity index (χ0) is 20.4. The molecule has 2 aliphatic heterocycles. The van der Waals surface area contributed by atoms with E-state index in [1.54, 1.807) is 35.4 Å². The molecule has 8 nitrogen and oxygen atoms in total. The average molecular weight is 397 g/mol. The maximum atomic E-state index is 13.1. The van der Waals surface area contributed by atoms with E-state index in [2.05, 4.69) is 10.3 Å². The Morgan fingerprint density at radius 2 is 2.10 bits per heavy atom. The maximum absolute atomic E-state index is 13.1. The number of ketones is 1. The van der Waals surface area contributed by atoms with E-state index in [0.717, 1.165) is 12.0 Å². The number of nitrogens with one attached hydrogen (secondary N) is 1. The first-order chi connectivity index (χ1) is 14.1. The smallest absolute Gasteiger partial charge is 0.251 e. The second kappa shape index (κ2) is 8.16. The Labute approximate surface area is 168 Å². The second-order valence-corrected chi connectivity index (χ2v) is 7.34. The molecule has 0 spiro atoms. The molecule has 1 N–H and O–H groups in total. The van der Waals surface area contributed by atoms with E-state index in [1.165, 1.54) is 6.39 Å². The first kappa shape index (κ1) is 19.3. The van der Waals surface area contributed by atoms with Gasteiger partial charge in [0.25, 0.3) is 5.91 Å². The van der Waals surface area contributed by atoms with Crippen molar-refractivity contribution < 1.29 is 23.5 Å². The number of oxazole rings is 1. The Kier molecular flexibility index (Phi) is 5.44. The summed E-state index contributed by atoms with van der Waals surface area (Å²) in [5, 5.41) is 2.84. The molecule has 29 heavy (non-hydrogen) atoms. The molecular weight excluding hydrogens is 374 g/mol. The van der Waals surface area contributed by atoms with E-state index in [1.807, 2.05) is 6.92 Å². The number of ether oxygens (including phenoxy) is 1. The first-order valence-corrected chi connectivity index (χ1v) is 9.83. The van der Waals surface area contributed by atoms with Gasteiger partial charge in [0, 0.05) is 17.7 Å². The number of benzene rings is 1. The fourth-order valence-corrected chi connectivity index (χ4v) is 3.97. The highest BCUT2D eigenvalue weighted by atomic mass is 16.5. The maximum Gasteiger partial charge on any atom is 0.251 e. The van der Waals surface area contributed by atoms with Crippen LogP contribution in [0.2, 0.25) is 0 Å². The van der Waals surface area contributed by atoms with Crippen LogP contribution in [-0.4, -0.2) is 58.8 Å². The Hall–Kier alpha value is -3.00. The standard InChI is InChI=1S/C21H23N3O5/c1-2-3-15(21(27)24-9-8-17-19(24)16(25)11-28-17)23-20(26)14-6-4-13(5-7-14)18-10-22-12-29-18/h4-7,10,12,15,17,19H,2-3,8-9,11H2,1H3,(H,23,26). The van der Waals surface area contributed by atoms with Gasteiger partial charge in [-0.25, -0.2) is 4.98 Å². The van der Waals surface area contributed by atoms with Crippen molar-refractivity contribution >= 4 is 17.6 Å². The molecule has 2 fully saturated rings. The van der Waals surface area contributed by atoms with Crippen LogP contribution in [-0.2, 0) is 14.3 Å². The highest BCUT2D eigenvalue weighted by Crippen LogP contribution is 2.28. The van der Waals surface area contributed by atoms with Crippen LogP contribution in [0.1, 0.15) is 36.5 Å². The van der Waals surface area contributed by atoms with Crippen LogP contribution >= 0.6 is 0 Å². The number of likely N-dealkylation sites (tertiary alicyclic amines) is 1. The average Bonchev–Trinajstić information content (AvgIpc) is 3.47. The summed E-state index contributed by atoms with van der Waals surface area (Å²) < 4.78 is 10.7. The Morgan fingerprint density at radius 3 is 2.79 bits per heavy atom. The molecule has 8 heteroatoms. The van der Waals surface area contributed by atoms with Crippen LogP contribution in [0.5, 0.6) is 0 Å². The van der Waals surface area contributed by atoms with Gasteiger partial charge < -0.3 is 19.4 Å². The van der Waals surface area contributed by atoms with E-state index < -0.39 is 12.1 Å². The zero-order valence-corrected chi connectivity index (χ0v) is 16.2. The number of fused-ring (bicyclic) bond motifs is 1. The first-order valence-electron chi connectivity index (χ1n) is 9.83. The monoisotopic (exact) mass is 397 g/mol. The van der Waals surface area contributed by atoms with E-state index in [4.69, 9.17) is 9.15 Å².